The van der Waals surface area contributed by atoms with E-state index < -0.39 is 5.97 Å². The first-order chi connectivity index (χ1) is 9.70. The van der Waals surface area contributed by atoms with Crippen molar-refractivity contribution in [3.63, 3.8) is 0 Å². The zero-order chi connectivity index (χ0) is 14.4. The molecule has 5 nitrogen and oxygen atoms in total. The van der Waals surface area contributed by atoms with E-state index in [1.54, 1.807) is 6.07 Å². The maximum atomic E-state index is 11.1. The molecule has 0 aliphatic heterocycles. The van der Waals surface area contributed by atoms with Gasteiger partial charge in [-0.2, -0.15) is 0 Å². The Hall–Kier alpha value is -2.56. The van der Waals surface area contributed by atoms with Crippen LogP contribution in [0.4, 0.5) is 0 Å². The van der Waals surface area contributed by atoms with Crippen molar-refractivity contribution in [3.8, 4) is 17.2 Å². The van der Waals surface area contributed by atoms with Crippen molar-refractivity contribution >= 4 is 5.97 Å². The van der Waals surface area contributed by atoms with Crippen molar-refractivity contribution in [1.29, 1.82) is 0 Å². The van der Waals surface area contributed by atoms with Crippen LogP contribution in [-0.4, -0.2) is 22.7 Å². The predicted octanol–water partition coefficient (Wildman–Crippen LogP) is 3.38. The zero-order valence-electron chi connectivity index (χ0n) is 10.9. The second kappa shape index (κ2) is 6.56. The number of hydrogen-bond donors (Lipinski definition) is 1. The van der Waals surface area contributed by atoms with Gasteiger partial charge in [0.05, 0.1) is 18.4 Å². The van der Waals surface area contributed by atoms with Crippen molar-refractivity contribution in [2.75, 3.05) is 6.61 Å². The van der Waals surface area contributed by atoms with Crippen LogP contribution < -0.4 is 4.74 Å². The van der Waals surface area contributed by atoms with E-state index in [4.69, 9.17) is 14.3 Å². The molecule has 20 heavy (non-hydrogen) atoms. The monoisotopic (exact) mass is 273 g/mol. The molecule has 0 bridgehead atoms. The van der Waals surface area contributed by atoms with Crippen LogP contribution in [0.25, 0.3) is 11.5 Å². The van der Waals surface area contributed by atoms with E-state index in [9.17, 15) is 4.79 Å². The number of carbonyl (C=O) groups is 1. The summed E-state index contributed by atoms with van der Waals surface area (Å²) in [5.74, 6) is -0.166. The Labute approximate surface area is 116 Å². The van der Waals surface area contributed by atoms with Crippen LogP contribution >= 0.6 is 0 Å². The van der Waals surface area contributed by atoms with Gasteiger partial charge >= 0.3 is 5.97 Å². The standard InChI is InChI=1S/C15H15NO4/c1-2-3-4-6-19-13-9-11(14-16-5-7-20-14)8-12(10-13)15(17)18/h2,5,7-10H,1,3-4,6H2,(H,17,18). The minimum absolute atomic E-state index is 0.138. The van der Waals surface area contributed by atoms with Gasteiger partial charge in [-0.1, -0.05) is 6.08 Å². The summed E-state index contributed by atoms with van der Waals surface area (Å²) < 4.78 is 10.7. The molecule has 104 valence electrons. The van der Waals surface area contributed by atoms with Crippen LogP contribution in [0.5, 0.6) is 5.75 Å². The number of aromatic carboxylic acids is 1. The number of ether oxygens (including phenoxy) is 1. The number of allylic oxidation sites excluding steroid dienone is 1. The van der Waals surface area contributed by atoms with E-state index in [0.717, 1.165) is 12.8 Å². The molecule has 0 aliphatic carbocycles. The minimum Gasteiger partial charge on any atom is -0.494 e. The number of aromatic nitrogens is 1. The van der Waals surface area contributed by atoms with Crippen molar-refractivity contribution in [2.24, 2.45) is 0 Å². The number of benzene rings is 1. The van der Waals surface area contributed by atoms with Gasteiger partial charge in [0, 0.05) is 5.56 Å². The van der Waals surface area contributed by atoms with Crippen molar-refractivity contribution in [2.45, 2.75) is 12.8 Å². The normalized spacial score (nSPS) is 10.2. The average molecular weight is 273 g/mol. The Bertz CT molecular complexity index is 590. The lowest BCUT2D eigenvalue weighted by atomic mass is 10.1. The quantitative estimate of drug-likeness (QED) is 0.618. The fourth-order valence-electron chi connectivity index (χ4n) is 1.71. The molecule has 0 saturated heterocycles. The van der Waals surface area contributed by atoms with E-state index in [2.05, 4.69) is 11.6 Å². The summed E-state index contributed by atoms with van der Waals surface area (Å²) in [6.45, 7) is 4.14. The molecular weight excluding hydrogens is 258 g/mol. The van der Waals surface area contributed by atoms with Gasteiger partial charge in [0.15, 0.2) is 0 Å². The van der Waals surface area contributed by atoms with Gasteiger partial charge in [-0.3, -0.25) is 0 Å². The number of hydrogen-bond acceptors (Lipinski definition) is 4. The molecule has 5 heteroatoms. The molecule has 0 radical (unpaired) electrons. The molecule has 0 aliphatic rings. The molecule has 0 fully saturated rings. The molecular formula is C15H15NO4. The van der Waals surface area contributed by atoms with E-state index in [1.165, 1.54) is 24.6 Å². The van der Waals surface area contributed by atoms with Gasteiger partial charge < -0.3 is 14.3 Å². The summed E-state index contributed by atoms with van der Waals surface area (Å²) in [6.07, 6.45) is 6.44. The highest BCUT2D eigenvalue weighted by molar-refractivity contribution is 5.89. The topological polar surface area (TPSA) is 72.6 Å². The van der Waals surface area contributed by atoms with Gasteiger partial charge in [-0.15, -0.1) is 6.58 Å². The SMILES string of the molecule is C=CCCCOc1cc(C(=O)O)cc(-c2ncco2)c1. The van der Waals surface area contributed by atoms with E-state index in [0.29, 0.717) is 23.8 Å². The fraction of sp³-hybridized carbons (Fsp3) is 0.200. The first kappa shape index (κ1) is 13.9. The third-order valence-corrected chi connectivity index (χ3v) is 2.65. The van der Waals surface area contributed by atoms with E-state index >= 15 is 0 Å². The first-order valence-corrected chi connectivity index (χ1v) is 6.22. The van der Waals surface area contributed by atoms with Gasteiger partial charge in [-0.25, -0.2) is 9.78 Å². The molecule has 0 atom stereocenters. The highest BCUT2D eigenvalue weighted by Gasteiger charge is 2.11. The first-order valence-electron chi connectivity index (χ1n) is 6.22. The number of carboxylic acids is 1. The Morgan fingerprint density at radius 2 is 2.30 bits per heavy atom. The molecule has 1 aromatic heterocycles. The van der Waals surface area contributed by atoms with Crippen LogP contribution in [0.3, 0.4) is 0 Å². The van der Waals surface area contributed by atoms with Crippen LogP contribution in [0.15, 0.2) is 47.7 Å². The average Bonchev–Trinajstić information content (AvgIpc) is 2.97. The maximum absolute atomic E-state index is 11.1. The molecule has 1 N–H and O–H groups in total. The summed E-state index contributed by atoms with van der Waals surface area (Å²) in [7, 11) is 0. The number of unbranched alkanes of at least 4 members (excludes halogenated alkanes) is 1. The minimum atomic E-state index is -1.02. The van der Waals surface area contributed by atoms with Crippen molar-refractivity contribution in [3.05, 3.63) is 48.9 Å². The Morgan fingerprint density at radius 1 is 1.45 bits per heavy atom. The number of nitrogens with zero attached hydrogens (tertiary/aromatic N) is 1. The number of oxazole rings is 1. The molecule has 1 aromatic carbocycles. The molecule has 0 unspecified atom stereocenters. The van der Waals surface area contributed by atoms with Gasteiger partial charge in [0.1, 0.15) is 12.0 Å². The van der Waals surface area contributed by atoms with Gasteiger partial charge in [-0.05, 0) is 31.0 Å². The molecule has 2 aromatic rings. The largest absolute Gasteiger partial charge is 0.494 e. The lowest BCUT2D eigenvalue weighted by Gasteiger charge is -2.08. The second-order valence-corrected chi connectivity index (χ2v) is 4.17. The van der Waals surface area contributed by atoms with Crippen LogP contribution in [0, 0.1) is 0 Å². The molecule has 0 spiro atoms. The van der Waals surface area contributed by atoms with E-state index in [1.807, 2.05) is 6.08 Å². The highest BCUT2D eigenvalue weighted by Crippen LogP contribution is 2.25. The zero-order valence-corrected chi connectivity index (χ0v) is 10.9. The smallest absolute Gasteiger partial charge is 0.335 e. The van der Waals surface area contributed by atoms with Crippen LogP contribution in [-0.2, 0) is 0 Å². The summed E-state index contributed by atoms with van der Waals surface area (Å²) in [5, 5.41) is 9.12. The highest BCUT2D eigenvalue weighted by atomic mass is 16.5. The summed E-state index contributed by atoms with van der Waals surface area (Å²) >= 11 is 0. The van der Waals surface area contributed by atoms with Crippen molar-refractivity contribution < 1.29 is 19.1 Å². The number of rotatable bonds is 7. The third-order valence-electron chi connectivity index (χ3n) is 2.65. The number of carboxylic acid groups (broad SMARTS) is 1. The Morgan fingerprint density at radius 3 is 2.95 bits per heavy atom. The predicted molar refractivity (Wildman–Crippen MR) is 73.8 cm³/mol. The van der Waals surface area contributed by atoms with Crippen LogP contribution in [0.2, 0.25) is 0 Å². The maximum Gasteiger partial charge on any atom is 0.335 e. The van der Waals surface area contributed by atoms with Crippen molar-refractivity contribution in [1.82, 2.24) is 4.98 Å². The second-order valence-electron chi connectivity index (χ2n) is 4.17. The fourth-order valence-corrected chi connectivity index (χ4v) is 1.71. The molecule has 2 rings (SSSR count). The summed E-state index contributed by atoms with van der Waals surface area (Å²) in [6, 6.07) is 4.71. The van der Waals surface area contributed by atoms with Gasteiger partial charge in [0.25, 0.3) is 0 Å². The lowest BCUT2D eigenvalue weighted by Crippen LogP contribution is -2.01. The molecule has 0 saturated carbocycles. The Kier molecular flexibility index (Phi) is 4.55. The third kappa shape index (κ3) is 3.47. The van der Waals surface area contributed by atoms with Crippen LogP contribution in [0.1, 0.15) is 23.2 Å². The van der Waals surface area contributed by atoms with Gasteiger partial charge in [0.2, 0.25) is 5.89 Å². The van der Waals surface area contributed by atoms with E-state index in [-0.39, 0.29) is 5.56 Å². The summed E-state index contributed by atoms with van der Waals surface area (Å²) in [5.41, 5.74) is 0.716. The Balaban J connectivity index is 2.22. The lowest BCUT2D eigenvalue weighted by molar-refractivity contribution is 0.0696. The molecule has 0 amide bonds. The molecule has 1 heterocycles. The summed E-state index contributed by atoms with van der Waals surface area (Å²) in [4.78, 5) is 15.1.